The van der Waals surface area contributed by atoms with Crippen LogP contribution in [0.1, 0.15) is 0 Å². The predicted molar refractivity (Wildman–Crippen MR) is 67.4 cm³/mol. The van der Waals surface area contributed by atoms with Gasteiger partial charge in [0, 0.05) is 16.7 Å². The fraction of sp³-hybridized carbons (Fsp3) is 0. The zero-order valence-electron chi connectivity index (χ0n) is 8.48. The molecule has 17 heavy (non-hydrogen) atoms. The largest absolute Gasteiger partial charge is 0.507 e. The number of halogens is 2. The number of hydrogen-bond donors (Lipinski definition) is 3. The fourth-order valence-corrected chi connectivity index (χ4v) is 1.80. The number of hydrogen-bond acceptors (Lipinski definition) is 4. The Labute approximate surface area is 107 Å². The van der Waals surface area contributed by atoms with Gasteiger partial charge in [0.25, 0.3) is 0 Å². The van der Waals surface area contributed by atoms with E-state index in [4.69, 9.17) is 28.9 Å². The van der Waals surface area contributed by atoms with Crippen molar-refractivity contribution in [1.82, 2.24) is 4.98 Å². The molecule has 4 nitrogen and oxygen atoms in total. The van der Waals surface area contributed by atoms with Crippen LogP contribution in [0.15, 0.2) is 24.3 Å². The number of pyridine rings is 1. The Morgan fingerprint density at radius 3 is 2.41 bits per heavy atom. The number of aromatic hydroxyl groups is 2. The third-order valence-electron chi connectivity index (χ3n) is 2.20. The van der Waals surface area contributed by atoms with E-state index in [9.17, 15) is 10.2 Å². The first-order valence-electron chi connectivity index (χ1n) is 4.63. The van der Waals surface area contributed by atoms with E-state index in [0.29, 0.717) is 10.6 Å². The van der Waals surface area contributed by atoms with Crippen LogP contribution in [-0.2, 0) is 0 Å². The van der Waals surface area contributed by atoms with Gasteiger partial charge in [0.15, 0.2) is 11.6 Å². The highest BCUT2D eigenvalue weighted by Crippen LogP contribution is 2.37. The maximum absolute atomic E-state index is 9.74. The van der Waals surface area contributed by atoms with Crippen LogP contribution in [-0.4, -0.2) is 15.2 Å². The Morgan fingerprint density at radius 2 is 1.76 bits per heavy atom. The van der Waals surface area contributed by atoms with Gasteiger partial charge in [0.05, 0.1) is 10.7 Å². The van der Waals surface area contributed by atoms with E-state index in [1.807, 2.05) is 0 Å². The number of nitrogen functional groups attached to an aromatic ring is 1. The number of nitrogens with two attached hydrogens (primary N) is 1. The smallest absolute Gasteiger partial charge is 0.166 e. The van der Waals surface area contributed by atoms with Crippen molar-refractivity contribution < 1.29 is 10.2 Å². The van der Waals surface area contributed by atoms with Gasteiger partial charge in [-0.25, -0.2) is 4.98 Å². The monoisotopic (exact) mass is 270 g/mol. The summed E-state index contributed by atoms with van der Waals surface area (Å²) < 4.78 is 0. The first kappa shape index (κ1) is 11.8. The molecule has 1 aromatic carbocycles. The minimum absolute atomic E-state index is 0.0567. The highest BCUT2D eigenvalue weighted by Gasteiger charge is 2.13. The first-order chi connectivity index (χ1) is 7.99. The van der Waals surface area contributed by atoms with Crippen molar-refractivity contribution in [2.75, 3.05) is 5.73 Å². The Kier molecular flexibility index (Phi) is 3.00. The van der Waals surface area contributed by atoms with Gasteiger partial charge >= 0.3 is 0 Å². The number of nitrogens with zero attached hydrogens (tertiary/aromatic N) is 1. The molecule has 0 spiro atoms. The van der Waals surface area contributed by atoms with Gasteiger partial charge in [-0.1, -0.05) is 23.2 Å². The molecule has 0 atom stereocenters. The van der Waals surface area contributed by atoms with E-state index in [1.165, 1.54) is 12.1 Å². The SMILES string of the molecule is Nc1nc(-c2ccc(Cl)cc2O)c(Cl)cc1O. The standard InChI is InChI=1S/C11H8Cl2N2O2/c12-5-1-2-6(8(16)3-5)10-7(13)4-9(17)11(14)15-10/h1-4,16-17H,(H2,14,15). The third kappa shape index (κ3) is 2.23. The molecule has 1 heterocycles. The molecule has 0 aliphatic heterocycles. The van der Waals surface area contributed by atoms with Crippen molar-refractivity contribution in [2.24, 2.45) is 0 Å². The average molecular weight is 271 g/mol. The summed E-state index contributed by atoms with van der Waals surface area (Å²) in [5.41, 5.74) is 6.16. The summed E-state index contributed by atoms with van der Waals surface area (Å²) in [5.74, 6) is -0.317. The predicted octanol–water partition coefficient (Wildman–Crippen LogP) is 3.05. The second-order valence-corrected chi connectivity index (χ2v) is 4.23. The Balaban J connectivity index is 2.64. The highest BCUT2D eigenvalue weighted by atomic mass is 35.5. The molecule has 0 saturated carbocycles. The molecule has 0 fully saturated rings. The molecule has 1 aromatic heterocycles. The molecule has 0 unspecified atom stereocenters. The Hall–Kier alpha value is -1.65. The van der Waals surface area contributed by atoms with Crippen molar-refractivity contribution in [3.63, 3.8) is 0 Å². The molecule has 2 rings (SSSR count). The molecule has 0 saturated heterocycles. The van der Waals surface area contributed by atoms with Crippen LogP contribution in [0.2, 0.25) is 10.0 Å². The molecule has 0 aliphatic carbocycles. The zero-order chi connectivity index (χ0) is 12.6. The number of aromatic nitrogens is 1. The van der Waals surface area contributed by atoms with E-state index in [2.05, 4.69) is 4.98 Å². The first-order valence-corrected chi connectivity index (χ1v) is 5.38. The summed E-state index contributed by atoms with van der Waals surface area (Å²) >= 11 is 11.6. The fourth-order valence-electron chi connectivity index (χ4n) is 1.39. The molecular weight excluding hydrogens is 263 g/mol. The zero-order valence-corrected chi connectivity index (χ0v) is 10.00. The van der Waals surface area contributed by atoms with E-state index < -0.39 is 0 Å². The highest BCUT2D eigenvalue weighted by molar-refractivity contribution is 6.33. The van der Waals surface area contributed by atoms with Crippen LogP contribution >= 0.6 is 23.2 Å². The Morgan fingerprint density at radius 1 is 1.06 bits per heavy atom. The number of rotatable bonds is 1. The number of benzene rings is 1. The maximum atomic E-state index is 9.74. The number of phenols is 1. The molecule has 88 valence electrons. The van der Waals surface area contributed by atoms with Crippen molar-refractivity contribution in [2.45, 2.75) is 0 Å². The second kappa shape index (κ2) is 4.31. The van der Waals surface area contributed by atoms with Crippen LogP contribution in [0, 0.1) is 0 Å². The number of phenolic OH excluding ortho intramolecular Hbond substituents is 1. The molecular formula is C11H8Cl2N2O2. The van der Waals surface area contributed by atoms with Crippen molar-refractivity contribution >= 4 is 29.0 Å². The minimum Gasteiger partial charge on any atom is -0.507 e. The number of anilines is 1. The van der Waals surface area contributed by atoms with Gasteiger partial charge in [-0.2, -0.15) is 0 Å². The van der Waals surface area contributed by atoms with Gasteiger partial charge in [-0.3, -0.25) is 0 Å². The van der Waals surface area contributed by atoms with Crippen LogP contribution in [0.5, 0.6) is 11.5 Å². The van der Waals surface area contributed by atoms with Crippen molar-refractivity contribution in [3.05, 3.63) is 34.3 Å². The summed E-state index contributed by atoms with van der Waals surface area (Å²) in [6.07, 6.45) is 0. The topological polar surface area (TPSA) is 79.4 Å². The van der Waals surface area contributed by atoms with Gasteiger partial charge in [0.2, 0.25) is 0 Å². The lowest BCUT2D eigenvalue weighted by atomic mass is 10.1. The third-order valence-corrected chi connectivity index (χ3v) is 2.72. The van der Waals surface area contributed by atoms with Crippen LogP contribution in [0.4, 0.5) is 5.82 Å². The summed E-state index contributed by atoms with van der Waals surface area (Å²) in [6.45, 7) is 0. The maximum Gasteiger partial charge on any atom is 0.166 e. The lowest BCUT2D eigenvalue weighted by molar-refractivity contribution is 0.474. The van der Waals surface area contributed by atoms with Gasteiger partial charge in [-0.05, 0) is 18.2 Å². The average Bonchev–Trinajstić information content (AvgIpc) is 2.24. The molecule has 4 N–H and O–H groups in total. The summed E-state index contributed by atoms with van der Waals surface area (Å²) in [6, 6.07) is 5.81. The van der Waals surface area contributed by atoms with Crippen LogP contribution in [0.25, 0.3) is 11.3 Å². The van der Waals surface area contributed by atoms with E-state index in [-0.39, 0.29) is 28.0 Å². The van der Waals surface area contributed by atoms with E-state index in [1.54, 1.807) is 12.1 Å². The lowest BCUT2D eigenvalue weighted by Crippen LogP contribution is -1.94. The van der Waals surface area contributed by atoms with E-state index in [0.717, 1.165) is 0 Å². The lowest BCUT2D eigenvalue weighted by Gasteiger charge is -2.08. The van der Waals surface area contributed by atoms with Crippen LogP contribution in [0.3, 0.4) is 0 Å². The summed E-state index contributed by atoms with van der Waals surface area (Å²) in [7, 11) is 0. The normalized spacial score (nSPS) is 10.5. The quantitative estimate of drug-likeness (QED) is 0.744. The van der Waals surface area contributed by atoms with Crippen molar-refractivity contribution in [1.29, 1.82) is 0 Å². The van der Waals surface area contributed by atoms with Gasteiger partial charge in [-0.15, -0.1) is 0 Å². The molecule has 0 amide bonds. The van der Waals surface area contributed by atoms with Crippen molar-refractivity contribution in [3.8, 4) is 22.8 Å². The summed E-state index contributed by atoms with van der Waals surface area (Å²) in [4.78, 5) is 3.93. The Bertz CT molecular complexity index is 588. The minimum atomic E-state index is -0.202. The van der Waals surface area contributed by atoms with Crippen LogP contribution < -0.4 is 5.73 Å². The molecule has 0 radical (unpaired) electrons. The summed E-state index contributed by atoms with van der Waals surface area (Å²) in [5, 5.41) is 19.7. The molecule has 2 aromatic rings. The van der Waals surface area contributed by atoms with E-state index >= 15 is 0 Å². The van der Waals surface area contributed by atoms with Gasteiger partial charge < -0.3 is 15.9 Å². The second-order valence-electron chi connectivity index (χ2n) is 3.38. The molecule has 6 heteroatoms. The molecule has 0 aliphatic rings. The van der Waals surface area contributed by atoms with Gasteiger partial charge in [0.1, 0.15) is 5.75 Å². The molecule has 0 bridgehead atoms.